The highest BCUT2D eigenvalue weighted by molar-refractivity contribution is 7.90. The summed E-state index contributed by atoms with van der Waals surface area (Å²) in [5.41, 5.74) is 2.70. The van der Waals surface area contributed by atoms with E-state index >= 15 is 0 Å². The second kappa shape index (κ2) is 10.1. The SMILES string of the molecule is CC(C)[Si](OCc1c(F)cccc1[C@@H](C)N[S+]([O-])C(C)(C)C)(C(C)C)C(C)C. The van der Waals surface area contributed by atoms with Gasteiger partial charge >= 0.3 is 0 Å². The quantitative estimate of drug-likeness (QED) is 0.354. The fraction of sp³-hybridized carbons (Fsp3) is 0.727. The van der Waals surface area contributed by atoms with Gasteiger partial charge in [0.15, 0.2) is 0 Å². The Morgan fingerprint density at radius 2 is 1.54 bits per heavy atom. The molecule has 1 aromatic rings. The molecule has 0 aromatic heterocycles. The zero-order valence-corrected chi connectivity index (χ0v) is 21.2. The largest absolute Gasteiger partial charge is 0.598 e. The molecule has 0 aliphatic heterocycles. The van der Waals surface area contributed by atoms with Gasteiger partial charge in [0, 0.05) is 16.9 Å². The fourth-order valence-electron chi connectivity index (χ4n) is 4.23. The lowest BCUT2D eigenvalue weighted by Gasteiger charge is -2.42. The van der Waals surface area contributed by atoms with Crippen molar-refractivity contribution in [2.45, 2.75) is 103 Å². The van der Waals surface area contributed by atoms with Crippen LogP contribution < -0.4 is 4.72 Å². The lowest BCUT2D eigenvalue weighted by Crippen LogP contribution is -2.47. The standard InChI is InChI=1S/C22H40FNO2SSi/c1-15(2)28(16(3)4,17(5)6)26-14-20-19(12-11-13-21(20)23)18(7)24-27(25)22(8,9)10/h11-13,15-18,24H,14H2,1-10H3/t18-,27?/m1/s1. The first kappa shape index (κ1) is 25.6. The summed E-state index contributed by atoms with van der Waals surface area (Å²) in [7, 11) is -2.10. The molecule has 1 rings (SSSR count). The van der Waals surface area contributed by atoms with Crippen LogP contribution in [0.1, 0.15) is 86.4 Å². The molecule has 0 bridgehead atoms. The first-order valence-corrected chi connectivity index (χ1v) is 13.6. The van der Waals surface area contributed by atoms with Gasteiger partial charge in [-0.15, -0.1) is 4.72 Å². The molecule has 0 saturated heterocycles. The lowest BCUT2D eigenvalue weighted by molar-refractivity contribution is 0.259. The van der Waals surface area contributed by atoms with Crippen molar-refractivity contribution in [1.82, 2.24) is 4.72 Å². The molecule has 2 atom stereocenters. The average molecular weight is 430 g/mol. The number of nitrogens with one attached hydrogen (secondary N) is 1. The molecule has 6 heteroatoms. The van der Waals surface area contributed by atoms with Crippen LogP contribution in [0.5, 0.6) is 0 Å². The molecular weight excluding hydrogens is 389 g/mol. The fourth-order valence-corrected chi connectivity index (χ4v) is 10.4. The van der Waals surface area contributed by atoms with Crippen molar-refractivity contribution in [1.29, 1.82) is 0 Å². The molecule has 0 aliphatic carbocycles. The van der Waals surface area contributed by atoms with E-state index in [1.165, 1.54) is 6.07 Å². The minimum atomic E-state index is -2.10. The minimum absolute atomic E-state index is 0.234. The maximum Gasteiger partial charge on any atom is 0.200 e. The third-order valence-corrected chi connectivity index (χ3v) is 13.4. The molecule has 0 saturated carbocycles. The summed E-state index contributed by atoms with van der Waals surface area (Å²) in [5, 5.41) is 0. The summed E-state index contributed by atoms with van der Waals surface area (Å²) in [4.78, 5) is 0. The molecule has 1 aromatic carbocycles. The Hall–Kier alpha value is -0.403. The van der Waals surface area contributed by atoms with E-state index in [0.29, 0.717) is 22.2 Å². The van der Waals surface area contributed by atoms with Gasteiger partial charge in [0.2, 0.25) is 8.32 Å². The highest BCUT2D eigenvalue weighted by Gasteiger charge is 2.45. The van der Waals surface area contributed by atoms with E-state index in [-0.39, 0.29) is 23.2 Å². The Morgan fingerprint density at radius 1 is 1.04 bits per heavy atom. The molecule has 162 valence electrons. The molecule has 1 N–H and O–H groups in total. The van der Waals surface area contributed by atoms with Gasteiger partial charge in [-0.05, 0) is 55.9 Å². The second-order valence-electron chi connectivity index (χ2n) is 9.63. The van der Waals surface area contributed by atoms with Gasteiger partial charge in [-0.2, -0.15) is 0 Å². The number of rotatable bonds is 9. The minimum Gasteiger partial charge on any atom is -0.598 e. The first-order valence-electron chi connectivity index (χ1n) is 10.3. The summed E-state index contributed by atoms with van der Waals surface area (Å²) >= 11 is -1.23. The smallest absolute Gasteiger partial charge is 0.200 e. The van der Waals surface area contributed by atoms with Crippen LogP contribution in [-0.2, 0) is 22.4 Å². The van der Waals surface area contributed by atoms with Crippen LogP contribution >= 0.6 is 0 Å². The zero-order chi connectivity index (χ0) is 21.9. The van der Waals surface area contributed by atoms with Gasteiger partial charge in [-0.1, -0.05) is 53.7 Å². The van der Waals surface area contributed by atoms with Crippen LogP contribution in [0.4, 0.5) is 4.39 Å². The predicted octanol–water partition coefficient (Wildman–Crippen LogP) is 6.63. The molecule has 0 amide bonds. The van der Waals surface area contributed by atoms with Gasteiger partial charge in [0.05, 0.1) is 12.6 Å². The third kappa shape index (κ3) is 5.82. The Balaban J connectivity index is 3.18. The topological polar surface area (TPSA) is 44.3 Å². The van der Waals surface area contributed by atoms with Crippen LogP contribution in [-0.4, -0.2) is 17.6 Å². The van der Waals surface area contributed by atoms with Crippen LogP contribution in [0.25, 0.3) is 0 Å². The van der Waals surface area contributed by atoms with E-state index < -0.39 is 19.7 Å². The number of benzene rings is 1. The van der Waals surface area contributed by atoms with Crippen LogP contribution in [0.2, 0.25) is 16.6 Å². The van der Waals surface area contributed by atoms with Crippen molar-refractivity contribution >= 4 is 19.7 Å². The van der Waals surface area contributed by atoms with Gasteiger partial charge in [0.25, 0.3) is 0 Å². The van der Waals surface area contributed by atoms with E-state index in [9.17, 15) is 8.94 Å². The molecule has 1 unspecified atom stereocenters. The second-order valence-corrected chi connectivity index (χ2v) is 17.1. The third-order valence-electron chi connectivity index (χ3n) is 5.64. The van der Waals surface area contributed by atoms with Crippen molar-refractivity contribution in [3.05, 3.63) is 35.1 Å². The predicted molar refractivity (Wildman–Crippen MR) is 122 cm³/mol. The molecule has 0 radical (unpaired) electrons. The monoisotopic (exact) mass is 429 g/mol. The van der Waals surface area contributed by atoms with Gasteiger partial charge in [-0.25, -0.2) is 4.39 Å². The van der Waals surface area contributed by atoms with Gasteiger partial charge in [0.1, 0.15) is 10.6 Å². The summed E-state index contributed by atoms with van der Waals surface area (Å²) in [6, 6.07) is 4.87. The van der Waals surface area contributed by atoms with E-state index in [1.807, 2.05) is 33.8 Å². The summed E-state index contributed by atoms with van der Waals surface area (Å²) in [5.74, 6) is -0.258. The Labute approximate surface area is 176 Å². The van der Waals surface area contributed by atoms with Gasteiger partial charge in [-0.3, -0.25) is 0 Å². The Bertz CT molecular complexity index is 610. The van der Waals surface area contributed by atoms with E-state index in [2.05, 4.69) is 46.3 Å². The summed E-state index contributed by atoms with van der Waals surface area (Å²) in [6.45, 7) is 21.3. The van der Waals surface area contributed by atoms with Gasteiger partial charge < -0.3 is 8.98 Å². The average Bonchev–Trinajstić information content (AvgIpc) is 2.54. The maximum atomic E-state index is 14.8. The molecule has 0 spiro atoms. The number of hydrogen-bond donors (Lipinski definition) is 1. The van der Waals surface area contributed by atoms with Crippen LogP contribution in [0.3, 0.4) is 0 Å². The van der Waals surface area contributed by atoms with Crippen molar-refractivity contribution in [2.75, 3.05) is 0 Å². The zero-order valence-electron chi connectivity index (χ0n) is 19.4. The molecular formula is C22H40FNO2SSi. The van der Waals surface area contributed by atoms with Crippen molar-refractivity contribution in [2.24, 2.45) is 0 Å². The maximum absolute atomic E-state index is 14.8. The molecule has 28 heavy (non-hydrogen) atoms. The van der Waals surface area contributed by atoms with E-state index in [1.54, 1.807) is 6.07 Å². The summed E-state index contributed by atoms with van der Waals surface area (Å²) < 4.78 is 36.7. The first-order chi connectivity index (χ1) is 12.7. The highest BCUT2D eigenvalue weighted by Crippen LogP contribution is 2.43. The summed E-state index contributed by atoms with van der Waals surface area (Å²) in [6.07, 6.45) is 0. The van der Waals surface area contributed by atoms with Crippen molar-refractivity contribution < 1.29 is 13.4 Å². The molecule has 0 aliphatic rings. The lowest BCUT2D eigenvalue weighted by atomic mass is 10.0. The number of halogens is 1. The normalized spacial score (nSPS) is 15.5. The molecule has 3 nitrogen and oxygen atoms in total. The Morgan fingerprint density at radius 3 is 1.96 bits per heavy atom. The Kier molecular flexibility index (Phi) is 9.22. The molecule has 0 heterocycles. The van der Waals surface area contributed by atoms with Crippen LogP contribution in [0.15, 0.2) is 18.2 Å². The van der Waals surface area contributed by atoms with Crippen molar-refractivity contribution in [3.63, 3.8) is 0 Å². The number of hydrogen-bond acceptors (Lipinski definition) is 3. The van der Waals surface area contributed by atoms with Crippen LogP contribution in [0, 0.1) is 5.82 Å². The highest BCUT2D eigenvalue weighted by atomic mass is 32.2. The van der Waals surface area contributed by atoms with E-state index in [0.717, 1.165) is 5.56 Å². The van der Waals surface area contributed by atoms with E-state index in [4.69, 9.17) is 4.43 Å². The van der Waals surface area contributed by atoms with Crippen molar-refractivity contribution in [3.8, 4) is 0 Å². The molecule has 0 fully saturated rings.